The fourth-order valence-corrected chi connectivity index (χ4v) is 2.05. The molecule has 1 N–H and O–H groups in total. The SMILES string of the molecule is Cc1nnc(N[C@H](c2ccncc2)c2ccc(F)cc2)o1. The van der Waals surface area contributed by atoms with Crippen molar-refractivity contribution in [2.24, 2.45) is 0 Å². The Hall–Kier alpha value is -2.76. The number of pyridine rings is 1. The number of hydrogen-bond donors (Lipinski definition) is 1. The van der Waals surface area contributed by atoms with Gasteiger partial charge in [0.15, 0.2) is 0 Å². The molecule has 106 valence electrons. The van der Waals surface area contributed by atoms with Crippen LogP contribution in [0.2, 0.25) is 0 Å². The minimum absolute atomic E-state index is 0.228. The third-order valence-corrected chi connectivity index (χ3v) is 3.04. The Kier molecular flexibility index (Phi) is 3.59. The Morgan fingerprint density at radius 2 is 1.67 bits per heavy atom. The van der Waals surface area contributed by atoms with Crippen LogP contribution in [0.15, 0.2) is 53.2 Å². The molecule has 3 aromatic rings. The fourth-order valence-electron chi connectivity index (χ4n) is 2.05. The summed E-state index contributed by atoms with van der Waals surface area (Å²) in [6.07, 6.45) is 3.40. The van der Waals surface area contributed by atoms with Gasteiger partial charge in [-0.3, -0.25) is 4.98 Å². The maximum atomic E-state index is 13.1. The Labute approximate surface area is 120 Å². The monoisotopic (exact) mass is 284 g/mol. The summed E-state index contributed by atoms with van der Waals surface area (Å²) < 4.78 is 18.5. The number of anilines is 1. The van der Waals surface area contributed by atoms with E-state index in [1.807, 2.05) is 12.1 Å². The van der Waals surface area contributed by atoms with Crippen molar-refractivity contribution in [1.82, 2.24) is 15.2 Å². The number of aromatic nitrogens is 3. The van der Waals surface area contributed by atoms with Gasteiger partial charge < -0.3 is 9.73 Å². The third kappa shape index (κ3) is 3.05. The minimum atomic E-state index is -0.277. The molecule has 0 unspecified atom stereocenters. The molecule has 3 rings (SSSR count). The van der Waals surface area contributed by atoms with Crippen LogP contribution >= 0.6 is 0 Å². The van der Waals surface area contributed by atoms with Crippen LogP contribution in [-0.2, 0) is 0 Å². The van der Waals surface area contributed by atoms with Gasteiger partial charge in [0.1, 0.15) is 5.82 Å². The summed E-state index contributed by atoms with van der Waals surface area (Å²) >= 11 is 0. The average Bonchev–Trinajstić information content (AvgIpc) is 2.92. The van der Waals surface area contributed by atoms with Gasteiger partial charge in [-0.05, 0) is 35.4 Å². The minimum Gasteiger partial charge on any atom is -0.408 e. The summed E-state index contributed by atoms with van der Waals surface area (Å²) in [5, 5.41) is 10.9. The Morgan fingerprint density at radius 1 is 1.00 bits per heavy atom. The van der Waals surface area contributed by atoms with E-state index in [9.17, 15) is 4.39 Å². The zero-order chi connectivity index (χ0) is 14.7. The van der Waals surface area contributed by atoms with Gasteiger partial charge in [-0.2, -0.15) is 0 Å². The molecule has 5 nitrogen and oxygen atoms in total. The normalized spacial score (nSPS) is 12.1. The maximum absolute atomic E-state index is 13.1. The predicted molar refractivity (Wildman–Crippen MR) is 75.1 cm³/mol. The molecule has 0 aliphatic carbocycles. The van der Waals surface area contributed by atoms with Gasteiger partial charge in [-0.15, -0.1) is 5.10 Å². The summed E-state index contributed by atoms with van der Waals surface area (Å²) in [7, 11) is 0. The van der Waals surface area contributed by atoms with Crippen LogP contribution in [0, 0.1) is 12.7 Å². The highest BCUT2D eigenvalue weighted by atomic mass is 19.1. The highest BCUT2D eigenvalue weighted by Crippen LogP contribution is 2.26. The largest absolute Gasteiger partial charge is 0.408 e. The van der Waals surface area contributed by atoms with Gasteiger partial charge >= 0.3 is 6.01 Å². The second-order valence-electron chi connectivity index (χ2n) is 4.54. The molecule has 1 aromatic carbocycles. The second-order valence-corrected chi connectivity index (χ2v) is 4.54. The molecule has 0 bridgehead atoms. The van der Waals surface area contributed by atoms with Crippen molar-refractivity contribution >= 4 is 6.01 Å². The first-order chi connectivity index (χ1) is 10.2. The molecular weight excluding hydrogens is 271 g/mol. The van der Waals surface area contributed by atoms with E-state index in [0.717, 1.165) is 11.1 Å². The van der Waals surface area contributed by atoms with Crippen molar-refractivity contribution in [3.05, 3.63) is 71.6 Å². The van der Waals surface area contributed by atoms with E-state index in [2.05, 4.69) is 20.5 Å². The van der Waals surface area contributed by atoms with Crippen molar-refractivity contribution in [3.63, 3.8) is 0 Å². The van der Waals surface area contributed by atoms with E-state index in [1.54, 1.807) is 31.5 Å². The molecule has 0 saturated carbocycles. The first-order valence-electron chi connectivity index (χ1n) is 6.44. The summed E-state index contributed by atoms with van der Waals surface area (Å²) in [5.41, 5.74) is 1.85. The Morgan fingerprint density at radius 3 is 2.29 bits per heavy atom. The molecule has 0 radical (unpaired) electrons. The number of hydrogen-bond acceptors (Lipinski definition) is 5. The van der Waals surface area contributed by atoms with Crippen LogP contribution in [0.5, 0.6) is 0 Å². The third-order valence-electron chi connectivity index (χ3n) is 3.04. The smallest absolute Gasteiger partial charge is 0.316 e. The zero-order valence-electron chi connectivity index (χ0n) is 11.3. The van der Waals surface area contributed by atoms with E-state index in [4.69, 9.17) is 4.42 Å². The lowest BCUT2D eigenvalue weighted by atomic mass is 10.00. The number of nitrogens with one attached hydrogen (secondary N) is 1. The van der Waals surface area contributed by atoms with Gasteiger partial charge in [0, 0.05) is 19.3 Å². The van der Waals surface area contributed by atoms with E-state index < -0.39 is 0 Å². The first kappa shape index (κ1) is 13.2. The number of rotatable bonds is 4. The van der Waals surface area contributed by atoms with Crippen molar-refractivity contribution < 1.29 is 8.81 Å². The highest BCUT2D eigenvalue weighted by Gasteiger charge is 2.16. The van der Waals surface area contributed by atoms with Crippen molar-refractivity contribution in [2.45, 2.75) is 13.0 Å². The number of benzene rings is 1. The lowest BCUT2D eigenvalue weighted by Gasteiger charge is -2.18. The van der Waals surface area contributed by atoms with Crippen LogP contribution in [0.4, 0.5) is 10.4 Å². The average molecular weight is 284 g/mol. The molecule has 0 amide bonds. The topological polar surface area (TPSA) is 63.8 Å². The summed E-state index contributed by atoms with van der Waals surface area (Å²) in [6, 6.07) is 10.1. The van der Waals surface area contributed by atoms with Crippen LogP contribution < -0.4 is 5.32 Å². The fraction of sp³-hybridized carbons (Fsp3) is 0.133. The molecule has 6 heteroatoms. The van der Waals surface area contributed by atoms with Crippen molar-refractivity contribution in [1.29, 1.82) is 0 Å². The van der Waals surface area contributed by atoms with Gasteiger partial charge in [-0.1, -0.05) is 17.2 Å². The van der Waals surface area contributed by atoms with Crippen LogP contribution in [0.25, 0.3) is 0 Å². The summed E-state index contributed by atoms with van der Waals surface area (Å²) in [6.45, 7) is 1.72. The second kappa shape index (κ2) is 5.70. The molecule has 2 aromatic heterocycles. The molecule has 1 atom stereocenters. The van der Waals surface area contributed by atoms with Gasteiger partial charge in [0.2, 0.25) is 5.89 Å². The number of halogens is 1. The van der Waals surface area contributed by atoms with E-state index in [1.165, 1.54) is 12.1 Å². The van der Waals surface area contributed by atoms with Gasteiger partial charge in [0.25, 0.3) is 0 Å². The van der Waals surface area contributed by atoms with E-state index in [-0.39, 0.29) is 11.9 Å². The molecule has 2 heterocycles. The van der Waals surface area contributed by atoms with E-state index in [0.29, 0.717) is 11.9 Å². The molecule has 0 aliphatic rings. The first-order valence-corrected chi connectivity index (χ1v) is 6.44. The molecular formula is C15H13FN4O. The summed E-state index contributed by atoms with van der Waals surface area (Å²) in [5.74, 6) is 0.200. The molecule has 0 saturated heterocycles. The van der Waals surface area contributed by atoms with Crippen molar-refractivity contribution in [3.8, 4) is 0 Å². The van der Waals surface area contributed by atoms with Crippen LogP contribution in [-0.4, -0.2) is 15.2 Å². The molecule has 0 spiro atoms. The van der Waals surface area contributed by atoms with Crippen LogP contribution in [0.3, 0.4) is 0 Å². The van der Waals surface area contributed by atoms with Gasteiger partial charge in [-0.25, -0.2) is 4.39 Å². The molecule has 21 heavy (non-hydrogen) atoms. The lowest BCUT2D eigenvalue weighted by molar-refractivity contribution is 0.527. The zero-order valence-corrected chi connectivity index (χ0v) is 11.3. The van der Waals surface area contributed by atoms with Crippen molar-refractivity contribution in [2.75, 3.05) is 5.32 Å². The highest BCUT2D eigenvalue weighted by molar-refractivity contribution is 5.38. The molecule has 0 fully saturated rings. The quantitative estimate of drug-likeness (QED) is 0.797. The summed E-state index contributed by atoms with van der Waals surface area (Å²) in [4.78, 5) is 4.01. The van der Waals surface area contributed by atoms with Crippen LogP contribution in [0.1, 0.15) is 23.1 Å². The lowest BCUT2D eigenvalue weighted by Crippen LogP contribution is -2.12. The predicted octanol–water partition coefficient (Wildman–Crippen LogP) is 3.11. The molecule has 0 aliphatic heterocycles. The maximum Gasteiger partial charge on any atom is 0.316 e. The Balaban J connectivity index is 1.96. The number of nitrogens with zero attached hydrogens (tertiary/aromatic N) is 3. The Bertz CT molecular complexity index is 712. The van der Waals surface area contributed by atoms with Gasteiger partial charge in [0.05, 0.1) is 6.04 Å². The number of aryl methyl sites for hydroxylation is 1. The standard InChI is InChI=1S/C15H13FN4O/c1-10-19-20-15(21-10)18-14(12-6-8-17-9-7-12)11-2-4-13(16)5-3-11/h2-9,14H,1H3,(H,18,20)/t14-/m0/s1. The van der Waals surface area contributed by atoms with E-state index >= 15 is 0 Å².